The molecule has 0 N–H and O–H groups in total. The van der Waals surface area contributed by atoms with Crippen molar-refractivity contribution in [2.24, 2.45) is 0 Å². The number of hydrogen-bond acceptors (Lipinski definition) is 6. The molecular formula is C66H42N8. The highest BCUT2D eigenvalue weighted by Gasteiger charge is 2.23. The molecule has 0 saturated carbocycles. The van der Waals surface area contributed by atoms with Gasteiger partial charge in [0.15, 0.2) is 34.9 Å². The van der Waals surface area contributed by atoms with Gasteiger partial charge >= 0.3 is 0 Å². The van der Waals surface area contributed by atoms with E-state index in [1.165, 1.54) is 10.8 Å². The molecule has 0 aliphatic rings. The van der Waals surface area contributed by atoms with E-state index in [1.54, 1.807) is 0 Å². The van der Waals surface area contributed by atoms with Crippen molar-refractivity contribution in [3.8, 4) is 90.8 Å². The van der Waals surface area contributed by atoms with Gasteiger partial charge in [-0.3, -0.25) is 0 Å². The van der Waals surface area contributed by atoms with Crippen LogP contribution in [-0.4, -0.2) is 39.0 Å². The van der Waals surface area contributed by atoms with E-state index >= 15 is 0 Å². The summed E-state index contributed by atoms with van der Waals surface area (Å²) in [6.07, 6.45) is 0. The van der Waals surface area contributed by atoms with Crippen LogP contribution in [0.3, 0.4) is 0 Å². The Balaban J connectivity index is 1.02. The summed E-state index contributed by atoms with van der Waals surface area (Å²) < 4.78 is 4.80. The van der Waals surface area contributed by atoms with Crippen LogP contribution in [0, 0.1) is 0 Å². The Labute approximate surface area is 426 Å². The van der Waals surface area contributed by atoms with E-state index in [9.17, 15) is 0 Å². The summed E-state index contributed by atoms with van der Waals surface area (Å²) in [5.41, 5.74) is 13.9. The van der Waals surface area contributed by atoms with Gasteiger partial charge in [0, 0.05) is 66.1 Å². The first-order valence-corrected chi connectivity index (χ1v) is 24.7. The van der Waals surface area contributed by atoms with E-state index in [4.69, 9.17) is 29.9 Å². The van der Waals surface area contributed by atoms with Crippen LogP contribution in [0.2, 0.25) is 0 Å². The average Bonchev–Trinajstić information content (AvgIpc) is 4.01. The molecule has 4 aromatic heterocycles. The Kier molecular flexibility index (Phi) is 10.3. The van der Waals surface area contributed by atoms with Crippen LogP contribution in [0.5, 0.6) is 0 Å². The fourth-order valence-corrected chi connectivity index (χ4v) is 10.4. The molecule has 0 radical (unpaired) electrons. The molecule has 8 nitrogen and oxygen atoms in total. The zero-order valence-electron chi connectivity index (χ0n) is 39.8. The first-order valence-electron chi connectivity index (χ1n) is 24.7. The van der Waals surface area contributed by atoms with Crippen molar-refractivity contribution in [1.29, 1.82) is 0 Å². The zero-order valence-corrected chi connectivity index (χ0v) is 39.8. The van der Waals surface area contributed by atoms with E-state index in [0.29, 0.717) is 34.9 Å². The number of hydrogen-bond donors (Lipinski definition) is 0. The Morgan fingerprint density at radius 2 is 0.514 bits per heavy atom. The number of nitrogens with zero attached hydrogens (tertiary/aromatic N) is 8. The number of benzene rings is 10. The zero-order chi connectivity index (χ0) is 49.0. The van der Waals surface area contributed by atoms with Crippen molar-refractivity contribution < 1.29 is 0 Å². The van der Waals surface area contributed by atoms with Crippen LogP contribution in [-0.2, 0) is 0 Å². The molecule has 0 fully saturated rings. The van der Waals surface area contributed by atoms with E-state index in [0.717, 1.165) is 88.7 Å². The van der Waals surface area contributed by atoms with Crippen LogP contribution in [0.25, 0.3) is 134 Å². The van der Waals surface area contributed by atoms with Gasteiger partial charge in [-0.15, -0.1) is 0 Å². The number of aromatic nitrogens is 8. The van der Waals surface area contributed by atoms with Gasteiger partial charge in [-0.05, 0) is 60.7 Å². The molecule has 14 aromatic rings. The molecule has 8 heteroatoms. The van der Waals surface area contributed by atoms with Crippen LogP contribution >= 0.6 is 0 Å². The number of rotatable bonds is 9. The number of fused-ring (bicyclic) bond motifs is 6. The second-order valence-electron chi connectivity index (χ2n) is 18.3. The second kappa shape index (κ2) is 17.9. The van der Waals surface area contributed by atoms with Gasteiger partial charge in [-0.25, -0.2) is 29.9 Å². The lowest BCUT2D eigenvalue weighted by Crippen LogP contribution is -2.03. The third-order valence-electron chi connectivity index (χ3n) is 13.8. The van der Waals surface area contributed by atoms with E-state index < -0.39 is 0 Å². The third-order valence-corrected chi connectivity index (χ3v) is 13.8. The summed E-state index contributed by atoms with van der Waals surface area (Å²) in [6.45, 7) is 0. The first kappa shape index (κ1) is 42.7. The standard InChI is InChI=1S/C66H42N8/c1-5-21-43(22-6-1)61-67-62(44-23-7-2-8-24-44)70-65(69-61)47-37-39-59(53(41-47)51-31-15-19-35-57(51)73-55-33-17-13-29-49(55)50-30-14-18-34-56(50)73)74-58-36-20-16-32-52(58)54-42-48(38-40-60(54)74)66-71-63(45-25-9-3-10-26-45)68-64(72-66)46-27-11-4-12-28-46/h1-42H. The van der Waals surface area contributed by atoms with Crippen LogP contribution in [0.1, 0.15) is 0 Å². The summed E-state index contributed by atoms with van der Waals surface area (Å²) in [5.74, 6) is 3.63. The normalized spacial score (nSPS) is 11.5. The SMILES string of the molecule is c1ccc(-c2nc(-c3ccccc3)nc(-c3ccc(-n4c5ccccc5c5cc(-c6nc(-c7ccccc7)nc(-c7ccccc7)n6)ccc54)c(-c4ccccc4-n4c5ccccc5c5ccccc54)c3)n2)cc1. The molecule has 0 saturated heterocycles. The van der Waals surface area contributed by atoms with Crippen LogP contribution in [0.15, 0.2) is 255 Å². The average molecular weight is 947 g/mol. The molecule has 74 heavy (non-hydrogen) atoms. The number of para-hydroxylation sites is 4. The summed E-state index contributed by atoms with van der Waals surface area (Å²) in [6, 6.07) is 88.4. The fourth-order valence-electron chi connectivity index (χ4n) is 10.4. The van der Waals surface area contributed by atoms with Gasteiger partial charge in [0.1, 0.15) is 0 Å². The van der Waals surface area contributed by atoms with E-state index in [2.05, 4.69) is 143 Å². The van der Waals surface area contributed by atoms with Crippen molar-refractivity contribution in [3.63, 3.8) is 0 Å². The minimum absolute atomic E-state index is 0.578. The van der Waals surface area contributed by atoms with Gasteiger partial charge in [0.05, 0.1) is 33.4 Å². The van der Waals surface area contributed by atoms with Crippen molar-refractivity contribution in [3.05, 3.63) is 255 Å². The van der Waals surface area contributed by atoms with Gasteiger partial charge in [-0.2, -0.15) is 0 Å². The highest BCUT2D eigenvalue weighted by atomic mass is 15.1. The van der Waals surface area contributed by atoms with Crippen molar-refractivity contribution in [2.45, 2.75) is 0 Å². The Hall–Kier alpha value is -10.2. The van der Waals surface area contributed by atoms with Crippen LogP contribution in [0.4, 0.5) is 0 Å². The molecule has 346 valence electrons. The molecule has 14 rings (SSSR count). The van der Waals surface area contributed by atoms with Crippen molar-refractivity contribution in [1.82, 2.24) is 39.0 Å². The van der Waals surface area contributed by atoms with E-state index in [1.807, 2.05) is 121 Å². The van der Waals surface area contributed by atoms with Crippen molar-refractivity contribution >= 4 is 43.6 Å². The fraction of sp³-hybridized carbons (Fsp3) is 0. The second-order valence-corrected chi connectivity index (χ2v) is 18.3. The predicted molar refractivity (Wildman–Crippen MR) is 300 cm³/mol. The maximum atomic E-state index is 5.22. The molecule has 4 heterocycles. The molecule has 0 atom stereocenters. The molecule has 0 bridgehead atoms. The molecule has 0 aliphatic heterocycles. The highest BCUT2D eigenvalue weighted by Crippen LogP contribution is 2.43. The summed E-state index contributed by atoms with van der Waals surface area (Å²) in [5, 5.41) is 4.57. The van der Waals surface area contributed by atoms with Gasteiger partial charge in [0.2, 0.25) is 0 Å². The predicted octanol–water partition coefficient (Wildman–Crippen LogP) is 15.9. The van der Waals surface area contributed by atoms with Crippen LogP contribution < -0.4 is 0 Å². The summed E-state index contributed by atoms with van der Waals surface area (Å²) >= 11 is 0. The van der Waals surface area contributed by atoms with Gasteiger partial charge in [-0.1, -0.05) is 194 Å². The third kappa shape index (κ3) is 7.40. The molecule has 0 amide bonds. The lowest BCUT2D eigenvalue weighted by molar-refractivity contribution is 1.07. The summed E-state index contributed by atoms with van der Waals surface area (Å²) in [4.78, 5) is 30.7. The quantitative estimate of drug-likeness (QED) is 0.143. The van der Waals surface area contributed by atoms with Crippen molar-refractivity contribution in [2.75, 3.05) is 0 Å². The topological polar surface area (TPSA) is 87.2 Å². The Morgan fingerprint density at radius 3 is 0.959 bits per heavy atom. The lowest BCUT2D eigenvalue weighted by atomic mass is 9.98. The smallest absolute Gasteiger partial charge is 0.164 e. The minimum atomic E-state index is 0.578. The van der Waals surface area contributed by atoms with Gasteiger partial charge in [0.25, 0.3) is 0 Å². The highest BCUT2D eigenvalue weighted by molar-refractivity contribution is 6.12. The monoisotopic (exact) mass is 946 g/mol. The van der Waals surface area contributed by atoms with Gasteiger partial charge < -0.3 is 9.13 Å². The molecule has 0 spiro atoms. The lowest BCUT2D eigenvalue weighted by Gasteiger charge is -2.19. The molecule has 10 aromatic carbocycles. The van der Waals surface area contributed by atoms with E-state index in [-0.39, 0.29) is 0 Å². The molecule has 0 aliphatic carbocycles. The summed E-state index contributed by atoms with van der Waals surface area (Å²) in [7, 11) is 0. The molecular weight excluding hydrogens is 905 g/mol. The largest absolute Gasteiger partial charge is 0.309 e. The first-order chi connectivity index (χ1) is 36.7. The maximum Gasteiger partial charge on any atom is 0.164 e. The Morgan fingerprint density at radius 1 is 0.203 bits per heavy atom. The minimum Gasteiger partial charge on any atom is -0.309 e. The maximum absolute atomic E-state index is 5.22. The molecule has 0 unspecified atom stereocenters. The Bertz CT molecular complexity index is 4250.